The van der Waals surface area contributed by atoms with E-state index in [1.807, 2.05) is 0 Å². The SMILES string of the molecule is O=C1CC(CO)CN1c1ncccc1F. The Hall–Kier alpha value is -1.49. The summed E-state index contributed by atoms with van der Waals surface area (Å²) in [7, 11) is 0. The van der Waals surface area contributed by atoms with Crippen molar-refractivity contribution in [1.29, 1.82) is 0 Å². The maximum absolute atomic E-state index is 13.3. The molecule has 2 heterocycles. The average molecular weight is 210 g/mol. The highest BCUT2D eigenvalue weighted by atomic mass is 19.1. The number of carbonyl (C=O) groups is 1. The van der Waals surface area contributed by atoms with Crippen LogP contribution in [0.4, 0.5) is 10.2 Å². The van der Waals surface area contributed by atoms with Gasteiger partial charge < -0.3 is 5.11 Å². The molecule has 4 nitrogen and oxygen atoms in total. The molecule has 1 aromatic heterocycles. The average Bonchev–Trinajstić information content (AvgIpc) is 2.60. The van der Waals surface area contributed by atoms with Gasteiger partial charge in [-0.05, 0) is 12.1 Å². The van der Waals surface area contributed by atoms with Gasteiger partial charge >= 0.3 is 0 Å². The first kappa shape index (κ1) is 10.0. The highest BCUT2D eigenvalue weighted by Gasteiger charge is 2.32. The third-order valence-electron chi connectivity index (χ3n) is 2.46. The third kappa shape index (κ3) is 1.83. The second-order valence-electron chi connectivity index (χ2n) is 3.57. The van der Waals surface area contributed by atoms with Crippen LogP contribution in [0.3, 0.4) is 0 Å². The molecule has 1 amide bonds. The number of aromatic nitrogens is 1. The smallest absolute Gasteiger partial charge is 0.228 e. The molecule has 1 atom stereocenters. The first-order valence-corrected chi connectivity index (χ1v) is 4.74. The molecule has 1 N–H and O–H groups in total. The number of rotatable bonds is 2. The molecular formula is C10H11FN2O2. The van der Waals surface area contributed by atoms with Crippen LogP contribution in [0, 0.1) is 11.7 Å². The van der Waals surface area contributed by atoms with E-state index in [1.165, 1.54) is 23.2 Å². The van der Waals surface area contributed by atoms with E-state index in [2.05, 4.69) is 4.98 Å². The fraction of sp³-hybridized carbons (Fsp3) is 0.400. The first-order valence-electron chi connectivity index (χ1n) is 4.74. The van der Waals surface area contributed by atoms with Gasteiger partial charge in [0.05, 0.1) is 0 Å². The van der Waals surface area contributed by atoms with E-state index in [-0.39, 0.29) is 30.7 Å². The van der Waals surface area contributed by atoms with Crippen molar-refractivity contribution in [3.8, 4) is 0 Å². The summed E-state index contributed by atoms with van der Waals surface area (Å²) >= 11 is 0. The number of aliphatic hydroxyl groups is 1. The maximum Gasteiger partial charge on any atom is 0.228 e. The predicted molar refractivity (Wildman–Crippen MR) is 51.7 cm³/mol. The van der Waals surface area contributed by atoms with Crippen molar-refractivity contribution >= 4 is 11.7 Å². The van der Waals surface area contributed by atoms with E-state index in [0.717, 1.165) is 0 Å². The molecule has 0 bridgehead atoms. The van der Waals surface area contributed by atoms with Crippen LogP contribution in [0.5, 0.6) is 0 Å². The van der Waals surface area contributed by atoms with Crippen molar-refractivity contribution in [3.05, 3.63) is 24.1 Å². The lowest BCUT2D eigenvalue weighted by atomic mass is 10.1. The molecule has 1 aromatic rings. The number of pyridine rings is 1. The molecule has 5 heteroatoms. The van der Waals surface area contributed by atoms with Gasteiger partial charge in [0.1, 0.15) is 0 Å². The van der Waals surface area contributed by atoms with Crippen LogP contribution in [-0.4, -0.2) is 29.1 Å². The Morgan fingerprint density at radius 1 is 1.67 bits per heavy atom. The van der Waals surface area contributed by atoms with Gasteiger partial charge in [0.2, 0.25) is 5.91 Å². The fourth-order valence-corrected chi connectivity index (χ4v) is 1.68. The van der Waals surface area contributed by atoms with Crippen LogP contribution in [-0.2, 0) is 4.79 Å². The second-order valence-corrected chi connectivity index (χ2v) is 3.57. The summed E-state index contributed by atoms with van der Waals surface area (Å²) in [4.78, 5) is 16.6. The second kappa shape index (κ2) is 3.94. The fourth-order valence-electron chi connectivity index (χ4n) is 1.68. The predicted octanol–water partition coefficient (Wildman–Crippen LogP) is 0.566. The topological polar surface area (TPSA) is 53.4 Å². The number of hydrogen-bond acceptors (Lipinski definition) is 3. The molecule has 1 fully saturated rings. The molecule has 0 spiro atoms. The van der Waals surface area contributed by atoms with Gasteiger partial charge in [-0.2, -0.15) is 0 Å². The minimum absolute atomic E-state index is 0.0541. The van der Waals surface area contributed by atoms with Gasteiger partial charge in [-0.1, -0.05) is 0 Å². The highest BCUT2D eigenvalue weighted by molar-refractivity contribution is 5.94. The van der Waals surface area contributed by atoms with Crippen molar-refractivity contribution in [2.24, 2.45) is 5.92 Å². The van der Waals surface area contributed by atoms with Crippen LogP contribution in [0.2, 0.25) is 0 Å². The molecule has 0 saturated carbocycles. The monoisotopic (exact) mass is 210 g/mol. The number of amides is 1. The molecular weight excluding hydrogens is 199 g/mol. The minimum atomic E-state index is -0.510. The summed E-state index contributed by atoms with van der Waals surface area (Å²) in [5.41, 5.74) is 0. The molecule has 0 aliphatic carbocycles. The lowest BCUT2D eigenvalue weighted by Crippen LogP contribution is -2.26. The Morgan fingerprint density at radius 3 is 3.07 bits per heavy atom. The van der Waals surface area contributed by atoms with Gasteiger partial charge in [0, 0.05) is 31.7 Å². The van der Waals surface area contributed by atoms with Crippen molar-refractivity contribution in [3.63, 3.8) is 0 Å². The van der Waals surface area contributed by atoms with E-state index in [1.54, 1.807) is 0 Å². The molecule has 1 aliphatic rings. The Kier molecular flexibility index (Phi) is 2.64. The number of anilines is 1. The molecule has 80 valence electrons. The zero-order chi connectivity index (χ0) is 10.8. The maximum atomic E-state index is 13.3. The van der Waals surface area contributed by atoms with E-state index in [0.29, 0.717) is 6.54 Å². The van der Waals surface area contributed by atoms with Crippen LogP contribution in [0.1, 0.15) is 6.42 Å². The normalized spacial score (nSPS) is 21.1. The zero-order valence-electron chi connectivity index (χ0n) is 8.06. The quantitative estimate of drug-likeness (QED) is 0.776. The number of nitrogens with zero attached hydrogens (tertiary/aromatic N) is 2. The number of aliphatic hydroxyl groups excluding tert-OH is 1. The molecule has 1 unspecified atom stereocenters. The molecule has 0 radical (unpaired) electrons. The summed E-state index contributed by atoms with van der Waals surface area (Å²) in [6, 6.07) is 2.74. The highest BCUT2D eigenvalue weighted by Crippen LogP contribution is 2.24. The molecule has 0 aromatic carbocycles. The summed E-state index contributed by atoms with van der Waals surface area (Å²) in [6.07, 6.45) is 1.70. The lowest BCUT2D eigenvalue weighted by molar-refractivity contribution is -0.117. The van der Waals surface area contributed by atoms with Gasteiger partial charge in [0.15, 0.2) is 11.6 Å². The Morgan fingerprint density at radius 2 is 2.47 bits per heavy atom. The molecule has 15 heavy (non-hydrogen) atoms. The summed E-state index contributed by atoms with van der Waals surface area (Å²) in [5.74, 6) is -0.756. The zero-order valence-corrected chi connectivity index (χ0v) is 8.06. The van der Waals surface area contributed by atoms with Crippen LogP contribution < -0.4 is 4.90 Å². The van der Waals surface area contributed by atoms with Crippen LogP contribution in [0.15, 0.2) is 18.3 Å². The summed E-state index contributed by atoms with van der Waals surface area (Å²) in [6.45, 7) is 0.278. The Balaban J connectivity index is 2.25. The Bertz CT molecular complexity index is 383. The van der Waals surface area contributed by atoms with Gasteiger partial charge in [-0.3, -0.25) is 9.69 Å². The first-order chi connectivity index (χ1) is 7.22. The summed E-state index contributed by atoms with van der Waals surface area (Å²) in [5, 5.41) is 8.92. The van der Waals surface area contributed by atoms with E-state index in [4.69, 9.17) is 5.11 Å². The summed E-state index contributed by atoms with van der Waals surface area (Å²) < 4.78 is 13.3. The molecule has 1 aliphatic heterocycles. The molecule has 1 saturated heterocycles. The van der Waals surface area contributed by atoms with Crippen molar-refractivity contribution in [2.75, 3.05) is 18.1 Å². The van der Waals surface area contributed by atoms with Crippen molar-refractivity contribution in [1.82, 2.24) is 4.98 Å². The van der Waals surface area contributed by atoms with E-state index < -0.39 is 5.82 Å². The van der Waals surface area contributed by atoms with Gasteiger partial charge in [-0.25, -0.2) is 9.37 Å². The lowest BCUT2D eigenvalue weighted by Gasteiger charge is -2.15. The van der Waals surface area contributed by atoms with Crippen LogP contribution in [0.25, 0.3) is 0 Å². The van der Waals surface area contributed by atoms with Gasteiger partial charge in [-0.15, -0.1) is 0 Å². The van der Waals surface area contributed by atoms with E-state index in [9.17, 15) is 9.18 Å². The largest absolute Gasteiger partial charge is 0.396 e. The standard InChI is InChI=1S/C10H11FN2O2/c11-8-2-1-3-12-10(8)13-5-7(6-14)4-9(13)15/h1-3,7,14H,4-6H2. The number of halogens is 1. The van der Waals surface area contributed by atoms with Crippen molar-refractivity contribution < 1.29 is 14.3 Å². The van der Waals surface area contributed by atoms with E-state index >= 15 is 0 Å². The number of carbonyl (C=O) groups excluding carboxylic acids is 1. The van der Waals surface area contributed by atoms with Gasteiger partial charge in [0.25, 0.3) is 0 Å². The molecule has 2 rings (SSSR count). The van der Waals surface area contributed by atoms with Crippen molar-refractivity contribution in [2.45, 2.75) is 6.42 Å². The minimum Gasteiger partial charge on any atom is -0.396 e. The van der Waals surface area contributed by atoms with Crippen LogP contribution >= 0.6 is 0 Å². The third-order valence-corrected chi connectivity index (χ3v) is 2.46. The number of hydrogen-bond donors (Lipinski definition) is 1. The Labute approximate surface area is 86.4 Å².